The molecule has 3 rings (SSSR count). The van der Waals surface area contributed by atoms with E-state index in [1.165, 1.54) is 4.70 Å². The Labute approximate surface area is 166 Å². The molecule has 0 saturated heterocycles. The summed E-state index contributed by atoms with van der Waals surface area (Å²) in [6, 6.07) is 13.4. The molecular formula is C19H19Cl2N3OS. The molecule has 1 aromatic heterocycles. The number of amides is 1. The summed E-state index contributed by atoms with van der Waals surface area (Å²) in [6.07, 6.45) is 0.341. The number of fused-ring (bicyclic) bond motifs is 1. The number of halogens is 2. The highest BCUT2D eigenvalue weighted by Crippen LogP contribution is 2.30. The minimum Gasteiger partial charge on any atom is -0.324 e. The van der Waals surface area contributed by atoms with E-state index in [-0.39, 0.29) is 11.9 Å². The van der Waals surface area contributed by atoms with Crippen LogP contribution in [0.4, 0.5) is 5.69 Å². The van der Waals surface area contributed by atoms with E-state index in [1.807, 2.05) is 25.2 Å². The van der Waals surface area contributed by atoms with Gasteiger partial charge in [0, 0.05) is 13.0 Å². The van der Waals surface area contributed by atoms with Crippen LogP contribution in [0.15, 0.2) is 42.5 Å². The van der Waals surface area contributed by atoms with E-state index in [2.05, 4.69) is 23.2 Å². The summed E-state index contributed by atoms with van der Waals surface area (Å²) in [5.74, 6) is -0.122. The number of para-hydroxylation sites is 2. The van der Waals surface area contributed by atoms with E-state index in [1.54, 1.807) is 29.5 Å². The maximum absolute atomic E-state index is 12.3. The Balaban J connectivity index is 1.59. The quantitative estimate of drug-likeness (QED) is 0.575. The Hall–Kier alpha value is -1.66. The summed E-state index contributed by atoms with van der Waals surface area (Å²) in [7, 11) is 1.99. The summed E-state index contributed by atoms with van der Waals surface area (Å²) in [5, 5.41) is 4.70. The molecule has 26 heavy (non-hydrogen) atoms. The molecule has 136 valence electrons. The van der Waals surface area contributed by atoms with Crippen LogP contribution in [0.25, 0.3) is 10.2 Å². The number of carbonyl (C=O) groups is 1. The Bertz CT molecular complexity index is 875. The fourth-order valence-electron chi connectivity index (χ4n) is 2.55. The summed E-state index contributed by atoms with van der Waals surface area (Å²) >= 11 is 13.9. The van der Waals surface area contributed by atoms with Crippen molar-refractivity contribution in [2.45, 2.75) is 19.4 Å². The normalized spacial score (nSPS) is 12.5. The third kappa shape index (κ3) is 4.35. The highest BCUT2D eigenvalue weighted by molar-refractivity contribution is 7.18. The first-order valence-electron chi connectivity index (χ1n) is 8.25. The van der Waals surface area contributed by atoms with Gasteiger partial charge in [-0.05, 0) is 38.2 Å². The van der Waals surface area contributed by atoms with Crippen molar-refractivity contribution < 1.29 is 4.79 Å². The number of benzene rings is 2. The Kier molecular flexibility index (Phi) is 6.14. The van der Waals surface area contributed by atoms with E-state index in [9.17, 15) is 4.79 Å². The van der Waals surface area contributed by atoms with Gasteiger partial charge in [-0.1, -0.05) is 41.4 Å². The molecule has 0 saturated carbocycles. The van der Waals surface area contributed by atoms with Crippen LogP contribution in [-0.4, -0.2) is 29.4 Å². The number of nitrogens with one attached hydrogen (secondary N) is 1. The minimum atomic E-state index is -0.122. The molecule has 0 fully saturated rings. The highest BCUT2D eigenvalue weighted by Gasteiger charge is 2.17. The number of rotatable bonds is 6. The number of hydrogen-bond donors (Lipinski definition) is 1. The molecule has 1 amide bonds. The number of aromatic nitrogens is 1. The second-order valence-corrected chi connectivity index (χ2v) is 7.95. The van der Waals surface area contributed by atoms with Crippen LogP contribution in [0.5, 0.6) is 0 Å². The van der Waals surface area contributed by atoms with Gasteiger partial charge >= 0.3 is 0 Å². The van der Waals surface area contributed by atoms with Crippen molar-refractivity contribution in [1.82, 2.24) is 9.88 Å². The van der Waals surface area contributed by atoms with Gasteiger partial charge in [0.15, 0.2) is 0 Å². The molecule has 7 heteroatoms. The molecule has 0 radical (unpaired) electrons. The second kappa shape index (κ2) is 8.35. The van der Waals surface area contributed by atoms with E-state index in [0.29, 0.717) is 28.7 Å². The minimum absolute atomic E-state index is 0.122. The first kappa shape index (κ1) is 19.1. The number of anilines is 1. The largest absolute Gasteiger partial charge is 0.324 e. The summed E-state index contributed by atoms with van der Waals surface area (Å²) < 4.78 is 1.17. The van der Waals surface area contributed by atoms with Gasteiger partial charge in [0.2, 0.25) is 5.91 Å². The van der Waals surface area contributed by atoms with E-state index >= 15 is 0 Å². The lowest BCUT2D eigenvalue weighted by Gasteiger charge is -2.22. The predicted octanol–water partition coefficient (Wildman–Crippen LogP) is 5.62. The summed E-state index contributed by atoms with van der Waals surface area (Å²) in [4.78, 5) is 19.1. The van der Waals surface area contributed by atoms with Crippen LogP contribution in [0.2, 0.25) is 10.0 Å². The van der Waals surface area contributed by atoms with E-state index in [0.717, 1.165) is 10.5 Å². The van der Waals surface area contributed by atoms with Crippen LogP contribution in [0.3, 0.4) is 0 Å². The number of thiazole rings is 1. The van der Waals surface area contributed by atoms with Gasteiger partial charge in [0.1, 0.15) is 5.01 Å². The van der Waals surface area contributed by atoms with Gasteiger partial charge in [-0.2, -0.15) is 0 Å². The molecular weight excluding hydrogens is 389 g/mol. The summed E-state index contributed by atoms with van der Waals surface area (Å²) in [6.45, 7) is 2.70. The lowest BCUT2D eigenvalue weighted by Crippen LogP contribution is -2.27. The first-order valence-corrected chi connectivity index (χ1v) is 9.82. The topological polar surface area (TPSA) is 45.2 Å². The van der Waals surface area contributed by atoms with Crippen molar-refractivity contribution in [2.24, 2.45) is 0 Å². The Morgan fingerprint density at radius 1 is 1.19 bits per heavy atom. The molecule has 0 bridgehead atoms. The zero-order chi connectivity index (χ0) is 18.7. The molecule has 1 atom stereocenters. The highest BCUT2D eigenvalue weighted by atomic mass is 35.5. The fourth-order valence-corrected chi connectivity index (χ4v) is 4.12. The van der Waals surface area contributed by atoms with E-state index in [4.69, 9.17) is 28.2 Å². The van der Waals surface area contributed by atoms with Gasteiger partial charge in [-0.15, -0.1) is 11.3 Å². The molecule has 1 heterocycles. The number of carbonyl (C=O) groups excluding carboxylic acids is 1. The van der Waals surface area contributed by atoms with Crippen LogP contribution in [0, 0.1) is 0 Å². The molecule has 4 nitrogen and oxygen atoms in total. The second-order valence-electron chi connectivity index (χ2n) is 6.07. The van der Waals surface area contributed by atoms with Gasteiger partial charge in [-0.25, -0.2) is 4.98 Å². The van der Waals surface area contributed by atoms with Crippen molar-refractivity contribution >= 4 is 56.3 Å². The van der Waals surface area contributed by atoms with Gasteiger partial charge in [0.05, 0.1) is 32.0 Å². The smallest absolute Gasteiger partial charge is 0.225 e. The van der Waals surface area contributed by atoms with Gasteiger partial charge in [-0.3, -0.25) is 9.69 Å². The summed E-state index contributed by atoms with van der Waals surface area (Å²) in [5.41, 5.74) is 1.47. The average molecular weight is 408 g/mol. The molecule has 0 aliphatic heterocycles. The van der Waals surface area contributed by atoms with Crippen LogP contribution < -0.4 is 5.32 Å². The maximum Gasteiger partial charge on any atom is 0.225 e. The van der Waals surface area contributed by atoms with Crippen LogP contribution >= 0.6 is 34.5 Å². The van der Waals surface area contributed by atoms with E-state index < -0.39 is 0 Å². The Morgan fingerprint density at radius 2 is 1.88 bits per heavy atom. The molecule has 1 N–H and O–H groups in total. The standard InChI is InChI=1S/C19H19Cl2N3OS/c1-12(19-22-15-8-3-4-9-16(15)26-19)24(2)11-10-17(25)23-18-13(20)6-5-7-14(18)21/h3-9,12H,10-11H2,1-2H3,(H,23,25). The van der Waals surface area contributed by atoms with Crippen LogP contribution in [0.1, 0.15) is 24.4 Å². The number of hydrogen-bond acceptors (Lipinski definition) is 4. The van der Waals surface area contributed by atoms with Crippen molar-refractivity contribution in [3.63, 3.8) is 0 Å². The molecule has 3 aromatic rings. The Morgan fingerprint density at radius 3 is 2.58 bits per heavy atom. The third-order valence-corrected chi connectivity index (χ3v) is 6.08. The van der Waals surface area contributed by atoms with Crippen molar-refractivity contribution in [3.8, 4) is 0 Å². The fraction of sp³-hybridized carbons (Fsp3) is 0.263. The zero-order valence-electron chi connectivity index (χ0n) is 14.5. The van der Waals surface area contributed by atoms with Crippen molar-refractivity contribution in [3.05, 3.63) is 57.5 Å². The van der Waals surface area contributed by atoms with Gasteiger partial charge < -0.3 is 5.32 Å². The lowest BCUT2D eigenvalue weighted by molar-refractivity contribution is -0.116. The van der Waals surface area contributed by atoms with Crippen molar-refractivity contribution in [2.75, 3.05) is 18.9 Å². The van der Waals surface area contributed by atoms with Crippen molar-refractivity contribution in [1.29, 1.82) is 0 Å². The molecule has 0 aliphatic rings. The molecule has 0 aliphatic carbocycles. The first-order chi connectivity index (χ1) is 12.5. The maximum atomic E-state index is 12.3. The van der Waals surface area contributed by atoms with Gasteiger partial charge in [0.25, 0.3) is 0 Å². The molecule has 2 aromatic carbocycles. The molecule has 0 spiro atoms. The van der Waals surface area contributed by atoms with Crippen LogP contribution in [-0.2, 0) is 4.79 Å². The number of nitrogens with zero attached hydrogens (tertiary/aromatic N) is 2. The zero-order valence-corrected chi connectivity index (χ0v) is 16.8. The average Bonchev–Trinajstić information content (AvgIpc) is 3.06. The lowest BCUT2D eigenvalue weighted by atomic mass is 10.2. The SMILES string of the molecule is CC(c1nc2ccccc2s1)N(C)CCC(=O)Nc1c(Cl)cccc1Cl. The predicted molar refractivity (Wildman–Crippen MR) is 110 cm³/mol. The molecule has 1 unspecified atom stereocenters. The monoisotopic (exact) mass is 407 g/mol. The third-order valence-electron chi connectivity index (χ3n) is 4.25.